The van der Waals surface area contributed by atoms with Crippen LogP contribution in [0.4, 0.5) is 0 Å². The van der Waals surface area contributed by atoms with Gasteiger partial charge in [0.15, 0.2) is 0 Å². The second-order valence-corrected chi connectivity index (χ2v) is 6.58. The van der Waals surface area contributed by atoms with Crippen molar-refractivity contribution >= 4 is 0 Å². The van der Waals surface area contributed by atoms with Gasteiger partial charge in [0, 0.05) is 12.1 Å². The molecule has 0 aliphatic heterocycles. The lowest BCUT2D eigenvalue weighted by atomic mass is 9.76. The Morgan fingerprint density at radius 3 is 2.16 bits per heavy atom. The van der Waals surface area contributed by atoms with Gasteiger partial charge in [-0.2, -0.15) is 0 Å². The second-order valence-electron chi connectivity index (χ2n) is 6.58. The number of hydrogen-bond donors (Lipinski definition) is 1. The largest absolute Gasteiger partial charge is 0.313 e. The summed E-state index contributed by atoms with van der Waals surface area (Å²) in [5.41, 5.74) is 0. The Labute approximate surface area is 121 Å². The third kappa shape index (κ3) is 5.07. The summed E-state index contributed by atoms with van der Waals surface area (Å²) >= 11 is 0. The molecule has 114 valence electrons. The van der Waals surface area contributed by atoms with Crippen molar-refractivity contribution in [1.82, 2.24) is 10.2 Å². The van der Waals surface area contributed by atoms with Gasteiger partial charge in [0.1, 0.15) is 0 Å². The Morgan fingerprint density at radius 2 is 1.68 bits per heavy atom. The molecule has 19 heavy (non-hydrogen) atoms. The van der Waals surface area contributed by atoms with Crippen LogP contribution in [0.2, 0.25) is 0 Å². The third-order valence-corrected chi connectivity index (χ3v) is 4.76. The Kier molecular flexibility index (Phi) is 8.01. The molecule has 0 aromatic carbocycles. The smallest absolute Gasteiger partial charge is 0.0252 e. The average molecular weight is 268 g/mol. The molecular weight excluding hydrogens is 232 g/mol. The van der Waals surface area contributed by atoms with Crippen molar-refractivity contribution < 1.29 is 0 Å². The molecule has 3 atom stereocenters. The van der Waals surface area contributed by atoms with E-state index < -0.39 is 0 Å². The molecule has 1 rings (SSSR count). The summed E-state index contributed by atoms with van der Waals surface area (Å²) in [7, 11) is 0. The average Bonchev–Trinajstić information content (AvgIpc) is 2.39. The van der Waals surface area contributed by atoms with Crippen molar-refractivity contribution in [1.29, 1.82) is 0 Å². The van der Waals surface area contributed by atoms with Crippen LogP contribution in [-0.4, -0.2) is 36.6 Å². The fourth-order valence-corrected chi connectivity index (χ4v) is 3.71. The van der Waals surface area contributed by atoms with Gasteiger partial charge in [-0.25, -0.2) is 0 Å². The molecule has 1 fully saturated rings. The van der Waals surface area contributed by atoms with Crippen molar-refractivity contribution in [3.05, 3.63) is 0 Å². The lowest BCUT2D eigenvalue weighted by molar-refractivity contribution is 0.0831. The van der Waals surface area contributed by atoms with E-state index in [-0.39, 0.29) is 0 Å². The van der Waals surface area contributed by atoms with Gasteiger partial charge in [0.2, 0.25) is 0 Å². The standard InChI is InChI=1S/C17H36N2/c1-6-11-19(12-7-2)17-13-15(14(4)5)9-10-16(17)18-8-3/h14-18H,6-13H2,1-5H3. The molecule has 1 saturated carbocycles. The van der Waals surface area contributed by atoms with Gasteiger partial charge in [-0.3, -0.25) is 4.90 Å². The Hall–Kier alpha value is -0.0800. The molecule has 0 aromatic rings. The number of likely N-dealkylation sites (N-methyl/N-ethyl adjacent to an activating group) is 1. The monoisotopic (exact) mass is 268 g/mol. The second kappa shape index (κ2) is 8.97. The van der Waals surface area contributed by atoms with E-state index in [1.54, 1.807) is 0 Å². The van der Waals surface area contributed by atoms with E-state index in [2.05, 4.69) is 44.8 Å². The molecule has 1 aliphatic rings. The first-order valence-corrected chi connectivity index (χ1v) is 8.61. The molecule has 2 heteroatoms. The first kappa shape index (κ1) is 17.0. The Morgan fingerprint density at radius 1 is 1.05 bits per heavy atom. The van der Waals surface area contributed by atoms with Gasteiger partial charge in [0.25, 0.3) is 0 Å². The quantitative estimate of drug-likeness (QED) is 0.718. The van der Waals surface area contributed by atoms with Crippen molar-refractivity contribution in [2.45, 2.75) is 78.8 Å². The lowest BCUT2D eigenvalue weighted by Gasteiger charge is -2.44. The number of rotatable bonds is 8. The summed E-state index contributed by atoms with van der Waals surface area (Å²) in [6.45, 7) is 15.3. The molecule has 1 N–H and O–H groups in total. The molecule has 0 radical (unpaired) electrons. The number of nitrogens with zero attached hydrogens (tertiary/aromatic N) is 1. The van der Waals surface area contributed by atoms with Crippen LogP contribution in [-0.2, 0) is 0 Å². The highest BCUT2D eigenvalue weighted by Gasteiger charge is 2.34. The van der Waals surface area contributed by atoms with Gasteiger partial charge in [-0.1, -0.05) is 34.6 Å². The maximum Gasteiger partial charge on any atom is 0.0252 e. The first-order chi connectivity index (χ1) is 9.13. The number of nitrogens with one attached hydrogen (secondary N) is 1. The summed E-state index contributed by atoms with van der Waals surface area (Å²) in [5.74, 6) is 1.77. The van der Waals surface area contributed by atoms with E-state index in [1.807, 2.05) is 0 Å². The van der Waals surface area contributed by atoms with Crippen LogP contribution in [0, 0.1) is 11.8 Å². The topological polar surface area (TPSA) is 15.3 Å². The number of hydrogen-bond acceptors (Lipinski definition) is 2. The molecule has 0 saturated heterocycles. The van der Waals surface area contributed by atoms with Crippen LogP contribution >= 0.6 is 0 Å². The predicted molar refractivity (Wildman–Crippen MR) is 85.6 cm³/mol. The minimum absolute atomic E-state index is 0.720. The highest BCUT2D eigenvalue weighted by atomic mass is 15.2. The SMILES string of the molecule is CCCN(CCC)C1CC(C(C)C)CCC1NCC. The van der Waals surface area contributed by atoms with Gasteiger partial charge in [-0.15, -0.1) is 0 Å². The lowest BCUT2D eigenvalue weighted by Crippen LogP contribution is -2.54. The van der Waals surface area contributed by atoms with E-state index in [4.69, 9.17) is 0 Å². The fraction of sp³-hybridized carbons (Fsp3) is 1.00. The first-order valence-electron chi connectivity index (χ1n) is 8.61. The zero-order chi connectivity index (χ0) is 14.3. The van der Waals surface area contributed by atoms with Crippen molar-refractivity contribution in [2.75, 3.05) is 19.6 Å². The molecule has 0 bridgehead atoms. The van der Waals surface area contributed by atoms with E-state index in [0.717, 1.165) is 30.5 Å². The fourth-order valence-electron chi connectivity index (χ4n) is 3.71. The highest BCUT2D eigenvalue weighted by molar-refractivity contribution is 4.91. The van der Waals surface area contributed by atoms with Crippen molar-refractivity contribution in [2.24, 2.45) is 11.8 Å². The molecule has 0 heterocycles. The van der Waals surface area contributed by atoms with Crippen LogP contribution in [0.5, 0.6) is 0 Å². The van der Waals surface area contributed by atoms with Crippen LogP contribution in [0.3, 0.4) is 0 Å². The zero-order valence-corrected chi connectivity index (χ0v) is 13.9. The maximum atomic E-state index is 3.75. The van der Waals surface area contributed by atoms with Crippen molar-refractivity contribution in [3.8, 4) is 0 Å². The van der Waals surface area contributed by atoms with Gasteiger partial charge in [-0.05, 0) is 63.6 Å². The van der Waals surface area contributed by atoms with E-state index in [9.17, 15) is 0 Å². The molecule has 3 unspecified atom stereocenters. The molecular formula is C17H36N2. The van der Waals surface area contributed by atoms with E-state index >= 15 is 0 Å². The molecule has 1 aliphatic carbocycles. The normalized spacial score (nSPS) is 28.3. The van der Waals surface area contributed by atoms with Crippen LogP contribution in [0.1, 0.15) is 66.7 Å². The van der Waals surface area contributed by atoms with E-state index in [1.165, 1.54) is 45.2 Å². The van der Waals surface area contributed by atoms with Gasteiger partial charge < -0.3 is 5.32 Å². The maximum absolute atomic E-state index is 3.75. The third-order valence-electron chi connectivity index (χ3n) is 4.76. The molecule has 0 aromatic heterocycles. The Bertz CT molecular complexity index is 221. The minimum atomic E-state index is 0.720. The van der Waals surface area contributed by atoms with Crippen LogP contribution < -0.4 is 5.32 Å². The van der Waals surface area contributed by atoms with Gasteiger partial charge in [0.05, 0.1) is 0 Å². The summed E-state index contributed by atoms with van der Waals surface area (Å²) in [5, 5.41) is 3.75. The van der Waals surface area contributed by atoms with Gasteiger partial charge >= 0.3 is 0 Å². The Balaban J connectivity index is 2.72. The molecule has 0 spiro atoms. The van der Waals surface area contributed by atoms with E-state index in [0.29, 0.717) is 0 Å². The zero-order valence-electron chi connectivity index (χ0n) is 13.9. The minimum Gasteiger partial charge on any atom is -0.313 e. The van der Waals surface area contributed by atoms with Crippen molar-refractivity contribution in [3.63, 3.8) is 0 Å². The highest BCUT2D eigenvalue weighted by Crippen LogP contribution is 2.33. The van der Waals surface area contributed by atoms with Crippen LogP contribution in [0.15, 0.2) is 0 Å². The molecule has 0 amide bonds. The summed E-state index contributed by atoms with van der Waals surface area (Å²) in [4.78, 5) is 2.77. The summed E-state index contributed by atoms with van der Waals surface area (Å²) in [6.07, 6.45) is 6.74. The molecule has 2 nitrogen and oxygen atoms in total. The summed E-state index contributed by atoms with van der Waals surface area (Å²) < 4.78 is 0. The van der Waals surface area contributed by atoms with Crippen LogP contribution in [0.25, 0.3) is 0 Å². The summed E-state index contributed by atoms with van der Waals surface area (Å²) in [6, 6.07) is 1.49. The predicted octanol–water partition coefficient (Wildman–Crippen LogP) is 3.91.